The van der Waals surface area contributed by atoms with Gasteiger partial charge in [0.05, 0.1) is 0 Å². The molecule has 0 saturated carbocycles. The molecule has 0 radical (unpaired) electrons. The molecule has 1 aliphatic rings. The summed E-state index contributed by atoms with van der Waals surface area (Å²) in [4.78, 5) is 15.3. The zero-order valence-electron chi connectivity index (χ0n) is 12.0. The number of benzene rings is 1. The number of amides is 1. The Hall–Kier alpha value is -1.52. The maximum atomic E-state index is 11.9. The van der Waals surface area contributed by atoms with E-state index in [2.05, 4.69) is 10.3 Å². The van der Waals surface area contributed by atoms with E-state index in [-0.39, 0.29) is 12.0 Å². The molecule has 0 bridgehead atoms. The van der Waals surface area contributed by atoms with Crippen LogP contribution in [-0.4, -0.2) is 30.1 Å². The van der Waals surface area contributed by atoms with Crippen molar-refractivity contribution in [1.82, 2.24) is 10.3 Å². The highest BCUT2D eigenvalue weighted by Crippen LogP contribution is 2.25. The van der Waals surface area contributed by atoms with Gasteiger partial charge < -0.3 is 15.0 Å². The molecular weight excluding hydrogens is 288 g/mol. The number of carbonyl (C=O) groups excluding carboxylic acids is 1. The topological polar surface area (TPSA) is 54.1 Å². The summed E-state index contributed by atoms with van der Waals surface area (Å²) in [6.45, 7) is 3.35. The maximum Gasteiger partial charge on any atom is 0.249 e. The highest BCUT2D eigenvalue weighted by atomic mass is 35.5. The predicted molar refractivity (Wildman–Crippen MR) is 83.7 cm³/mol. The summed E-state index contributed by atoms with van der Waals surface area (Å²) in [6.07, 6.45) is 2.32. The summed E-state index contributed by atoms with van der Waals surface area (Å²) < 4.78 is 5.38. The fraction of sp³-hybridized carbons (Fsp3) is 0.438. The minimum Gasteiger partial charge on any atom is -0.368 e. The van der Waals surface area contributed by atoms with Crippen molar-refractivity contribution in [3.63, 3.8) is 0 Å². The number of ether oxygens (including phenoxy) is 1. The van der Waals surface area contributed by atoms with Gasteiger partial charge in [0.25, 0.3) is 0 Å². The highest BCUT2D eigenvalue weighted by molar-refractivity contribution is 6.31. The molecule has 3 rings (SSSR count). The van der Waals surface area contributed by atoms with Gasteiger partial charge in [-0.2, -0.15) is 0 Å². The molecule has 1 amide bonds. The molecule has 112 valence electrons. The van der Waals surface area contributed by atoms with Gasteiger partial charge in [0.1, 0.15) is 6.10 Å². The molecule has 0 aliphatic carbocycles. The zero-order chi connectivity index (χ0) is 14.8. The van der Waals surface area contributed by atoms with E-state index in [9.17, 15) is 4.79 Å². The van der Waals surface area contributed by atoms with Crippen LogP contribution in [-0.2, 0) is 16.0 Å². The van der Waals surface area contributed by atoms with Crippen molar-refractivity contribution in [2.24, 2.45) is 0 Å². The smallest absolute Gasteiger partial charge is 0.249 e. The molecule has 1 fully saturated rings. The number of fused-ring (bicyclic) bond motifs is 1. The number of aromatic amines is 1. The van der Waals surface area contributed by atoms with E-state index < -0.39 is 0 Å². The van der Waals surface area contributed by atoms with Crippen LogP contribution in [0.5, 0.6) is 0 Å². The van der Waals surface area contributed by atoms with Crippen LogP contribution in [0.1, 0.15) is 24.1 Å². The number of aromatic nitrogens is 1. The van der Waals surface area contributed by atoms with Crippen molar-refractivity contribution >= 4 is 28.4 Å². The number of hydrogen-bond acceptors (Lipinski definition) is 2. The molecule has 1 aliphatic heterocycles. The van der Waals surface area contributed by atoms with E-state index in [1.165, 1.54) is 5.56 Å². The lowest BCUT2D eigenvalue weighted by Crippen LogP contribution is -2.35. The summed E-state index contributed by atoms with van der Waals surface area (Å²) >= 11 is 6.07. The molecule has 4 nitrogen and oxygen atoms in total. The van der Waals surface area contributed by atoms with Crippen LogP contribution in [0.2, 0.25) is 5.02 Å². The molecule has 21 heavy (non-hydrogen) atoms. The molecule has 0 spiro atoms. The minimum absolute atomic E-state index is 0.00280. The molecule has 1 aromatic heterocycles. The first-order valence-corrected chi connectivity index (χ1v) is 7.69. The molecule has 2 N–H and O–H groups in total. The van der Waals surface area contributed by atoms with Gasteiger partial charge in [-0.05, 0) is 49.9 Å². The van der Waals surface area contributed by atoms with Crippen molar-refractivity contribution < 1.29 is 9.53 Å². The maximum absolute atomic E-state index is 11.9. The second kappa shape index (κ2) is 6.08. The van der Waals surface area contributed by atoms with Gasteiger partial charge in [-0.3, -0.25) is 4.79 Å². The monoisotopic (exact) mass is 306 g/mol. The molecule has 1 saturated heterocycles. The van der Waals surface area contributed by atoms with Gasteiger partial charge in [0, 0.05) is 34.8 Å². The van der Waals surface area contributed by atoms with Crippen LogP contribution in [0.25, 0.3) is 10.9 Å². The first kappa shape index (κ1) is 14.4. The summed E-state index contributed by atoms with van der Waals surface area (Å²) in [5, 5.41) is 4.82. The first-order chi connectivity index (χ1) is 10.1. The highest BCUT2D eigenvalue weighted by Gasteiger charge is 2.23. The minimum atomic E-state index is -0.261. The lowest BCUT2D eigenvalue weighted by Gasteiger charge is -2.10. The number of aryl methyl sites for hydroxylation is 1. The molecular formula is C16H19ClN2O2. The Morgan fingerprint density at radius 2 is 2.38 bits per heavy atom. The fourth-order valence-corrected chi connectivity index (χ4v) is 3.06. The average molecular weight is 307 g/mol. The van der Waals surface area contributed by atoms with Crippen LogP contribution in [0, 0.1) is 6.92 Å². The molecule has 1 atom stereocenters. The van der Waals surface area contributed by atoms with Gasteiger partial charge in [0.15, 0.2) is 0 Å². The van der Waals surface area contributed by atoms with Gasteiger partial charge >= 0.3 is 0 Å². The summed E-state index contributed by atoms with van der Waals surface area (Å²) in [7, 11) is 0. The average Bonchev–Trinajstić information content (AvgIpc) is 3.08. The molecule has 1 aromatic carbocycles. The zero-order valence-corrected chi connectivity index (χ0v) is 12.8. The second-order valence-corrected chi connectivity index (χ2v) is 5.90. The summed E-state index contributed by atoms with van der Waals surface area (Å²) in [5.74, 6) is 0.00280. The SMILES string of the molecule is Cc1[nH]c2ccc(Cl)cc2c1CCNC(=O)[C@@H]1CCCO1. The van der Waals surface area contributed by atoms with Crippen molar-refractivity contribution in [2.45, 2.75) is 32.3 Å². The second-order valence-electron chi connectivity index (χ2n) is 5.46. The van der Waals surface area contributed by atoms with Crippen molar-refractivity contribution in [1.29, 1.82) is 0 Å². The Balaban J connectivity index is 1.66. The van der Waals surface area contributed by atoms with Crippen LogP contribution in [0.3, 0.4) is 0 Å². The Morgan fingerprint density at radius 3 is 3.14 bits per heavy atom. The molecule has 2 heterocycles. The van der Waals surface area contributed by atoms with E-state index in [0.29, 0.717) is 13.2 Å². The number of H-pyrrole nitrogens is 1. The normalized spacial score (nSPS) is 18.3. The standard InChI is InChI=1S/C16H19ClN2O2/c1-10-12(13-9-11(17)4-5-14(13)19-10)6-7-18-16(20)15-3-2-8-21-15/h4-5,9,15,19H,2-3,6-8H2,1H3,(H,18,20)/t15-/m0/s1. The third-order valence-corrected chi connectivity index (χ3v) is 4.21. The van der Waals surface area contributed by atoms with Crippen molar-refractivity contribution in [2.75, 3.05) is 13.2 Å². The van der Waals surface area contributed by atoms with Gasteiger partial charge in [-0.15, -0.1) is 0 Å². The number of nitrogens with one attached hydrogen (secondary N) is 2. The molecule has 2 aromatic rings. The quantitative estimate of drug-likeness (QED) is 0.912. The van der Waals surface area contributed by atoms with Gasteiger partial charge in [-0.1, -0.05) is 11.6 Å². The number of rotatable bonds is 4. The van der Waals surface area contributed by atoms with Crippen molar-refractivity contribution in [3.05, 3.63) is 34.5 Å². The Labute approximate surface area is 128 Å². The van der Waals surface area contributed by atoms with Crippen molar-refractivity contribution in [3.8, 4) is 0 Å². The van der Waals surface area contributed by atoms with E-state index in [0.717, 1.165) is 40.9 Å². The summed E-state index contributed by atoms with van der Waals surface area (Å²) in [5.41, 5.74) is 3.41. The largest absolute Gasteiger partial charge is 0.368 e. The molecule has 0 unspecified atom stereocenters. The lowest BCUT2D eigenvalue weighted by molar-refractivity contribution is -0.129. The van der Waals surface area contributed by atoms with Gasteiger partial charge in [-0.25, -0.2) is 0 Å². The Kier molecular flexibility index (Phi) is 4.17. The van der Waals surface area contributed by atoms with E-state index in [4.69, 9.17) is 16.3 Å². The van der Waals surface area contributed by atoms with Crippen LogP contribution in [0.15, 0.2) is 18.2 Å². The number of halogens is 1. The van der Waals surface area contributed by atoms with E-state index >= 15 is 0 Å². The fourth-order valence-electron chi connectivity index (χ4n) is 2.89. The van der Waals surface area contributed by atoms with Gasteiger partial charge in [0.2, 0.25) is 5.91 Å². The number of hydrogen-bond donors (Lipinski definition) is 2. The van der Waals surface area contributed by atoms with E-state index in [1.54, 1.807) is 0 Å². The lowest BCUT2D eigenvalue weighted by atomic mass is 10.1. The third-order valence-electron chi connectivity index (χ3n) is 3.98. The predicted octanol–water partition coefficient (Wildman–Crippen LogP) is 2.97. The first-order valence-electron chi connectivity index (χ1n) is 7.31. The van der Waals surface area contributed by atoms with E-state index in [1.807, 2.05) is 25.1 Å². The Bertz CT molecular complexity index is 660. The Morgan fingerprint density at radius 1 is 1.52 bits per heavy atom. The van der Waals surface area contributed by atoms with Crippen LogP contribution in [0.4, 0.5) is 0 Å². The van der Waals surface area contributed by atoms with Crippen LogP contribution < -0.4 is 5.32 Å². The third kappa shape index (κ3) is 3.06. The molecule has 5 heteroatoms. The van der Waals surface area contributed by atoms with Crippen LogP contribution >= 0.6 is 11.6 Å². The summed E-state index contributed by atoms with van der Waals surface area (Å²) in [6, 6.07) is 5.83. The number of carbonyl (C=O) groups is 1.